The van der Waals surface area contributed by atoms with Gasteiger partial charge in [-0.3, -0.25) is 0 Å². The van der Waals surface area contributed by atoms with Gasteiger partial charge in [-0.25, -0.2) is 0 Å². The van der Waals surface area contributed by atoms with Gasteiger partial charge in [0.15, 0.2) is 17.6 Å². The Balaban J connectivity index is 1.45. The number of aliphatic hydroxyl groups is 1. The average Bonchev–Trinajstić information content (AvgIpc) is 3.39. The first-order chi connectivity index (χ1) is 17.6. The lowest BCUT2D eigenvalue weighted by Gasteiger charge is -2.62. The summed E-state index contributed by atoms with van der Waals surface area (Å²) in [6.45, 7) is 1.71. The highest BCUT2D eigenvalue weighted by molar-refractivity contribution is 5.87. The molecule has 0 amide bonds. The molecule has 3 aromatic carbocycles. The number of piperidine rings is 1. The number of rotatable bonds is 3. The molecule has 2 bridgehead atoms. The predicted molar refractivity (Wildman–Crippen MR) is 139 cm³/mol. The van der Waals surface area contributed by atoms with Gasteiger partial charge in [0.05, 0.1) is 23.8 Å². The molecule has 0 unspecified atom stereocenters. The summed E-state index contributed by atoms with van der Waals surface area (Å²) in [5.41, 5.74) is 6.02. The molecule has 1 fully saturated rings. The number of fused-ring (bicyclic) bond motifs is 4. The van der Waals surface area contributed by atoms with Crippen LogP contribution >= 0.6 is 0 Å². The molecule has 1 saturated heterocycles. The van der Waals surface area contributed by atoms with Crippen LogP contribution in [0.2, 0.25) is 0 Å². The maximum absolute atomic E-state index is 12.9. The van der Waals surface area contributed by atoms with Crippen LogP contribution in [0, 0.1) is 0 Å². The quantitative estimate of drug-likeness (QED) is 0.467. The third-order valence-corrected chi connectivity index (χ3v) is 9.68. The standard InChI is InChI=1S/C31H30N2O3/c1-32-15-14-30-26-20-12-13-24(35-2)28(26)36-29(30)27-22(17-31(30,34)25(32)16-20)21-10-6-7-11-23(21)33(27)18-19-8-4-3-5-9-19/h3-13,25,29,34H,14-18H2,1-2H3/t25-,29-,30-,31+/m0/s1. The summed E-state index contributed by atoms with van der Waals surface area (Å²) in [7, 11) is 3.88. The zero-order valence-corrected chi connectivity index (χ0v) is 20.7. The van der Waals surface area contributed by atoms with Gasteiger partial charge in [0.2, 0.25) is 0 Å². The van der Waals surface area contributed by atoms with Gasteiger partial charge in [-0.05, 0) is 55.3 Å². The number of likely N-dealkylation sites (N-methyl/N-ethyl adjacent to an activating group) is 1. The largest absolute Gasteiger partial charge is 0.493 e. The molecule has 3 heterocycles. The second-order valence-electron chi connectivity index (χ2n) is 11.1. The van der Waals surface area contributed by atoms with Crippen LogP contribution in [0.3, 0.4) is 0 Å². The summed E-state index contributed by atoms with van der Waals surface area (Å²) in [6.07, 6.45) is 2.06. The van der Waals surface area contributed by atoms with Crippen LogP contribution < -0.4 is 9.47 Å². The fourth-order valence-electron chi connectivity index (χ4n) is 8.16. The Morgan fingerprint density at radius 1 is 1.06 bits per heavy atom. The molecule has 1 aromatic heterocycles. The number of likely N-dealkylation sites (tertiary alicyclic amines) is 1. The first-order valence-corrected chi connectivity index (χ1v) is 13.0. The SMILES string of the molecule is COc1ccc2c3c1O[C@H]1c4c(c5ccccc5n4Cc4ccccc4)C[C@@]4(O)[C@H](C2)N(C)CC[C@]314. The number of nitrogens with zero attached hydrogens (tertiary/aromatic N) is 2. The van der Waals surface area contributed by atoms with Gasteiger partial charge in [-0.15, -0.1) is 0 Å². The van der Waals surface area contributed by atoms with Crippen molar-refractivity contribution >= 4 is 10.9 Å². The Kier molecular flexibility index (Phi) is 4.02. The molecule has 36 heavy (non-hydrogen) atoms. The Morgan fingerprint density at radius 3 is 2.69 bits per heavy atom. The average molecular weight is 479 g/mol. The molecule has 5 nitrogen and oxygen atoms in total. The Labute approximate surface area is 210 Å². The third-order valence-electron chi connectivity index (χ3n) is 9.68. The van der Waals surface area contributed by atoms with Crippen molar-refractivity contribution in [3.63, 3.8) is 0 Å². The fraction of sp³-hybridized carbons (Fsp3) is 0.355. The first-order valence-electron chi connectivity index (χ1n) is 13.0. The normalized spacial score (nSPS) is 29.5. The Hall–Kier alpha value is -3.28. The van der Waals surface area contributed by atoms with E-state index >= 15 is 0 Å². The summed E-state index contributed by atoms with van der Waals surface area (Å²) in [4.78, 5) is 2.38. The fourth-order valence-corrected chi connectivity index (χ4v) is 8.16. The van der Waals surface area contributed by atoms with Crippen LogP contribution in [0.25, 0.3) is 10.9 Å². The van der Waals surface area contributed by atoms with Crippen molar-refractivity contribution < 1.29 is 14.6 Å². The van der Waals surface area contributed by atoms with Gasteiger partial charge in [0, 0.05) is 35.5 Å². The van der Waals surface area contributed by atoms with E-state index in [1.54, 1.807) is 7.11 Å². The number of benzene rings is 3. The van der Waals surface area contributed by atoms with Crippen molar-refractivity contribution in [3.05, 3.63) is 94.7 Å². The minimum absolute atomic E-state index is 0.0496. The predicted octanol–water partition coefficient (Wildman–Crippen LogP) is 4.62. The molecular weight excluding hydrogens is 448 g/mol. The van der Waals surface area contributed by atoms with E-state index in [-0.39, 0.29) is 12.1 Å². The third kappa shape index (κ3) is 2.30. The van der Waals surface area contributed by atoms with Crippen molar-refractivity contribution in [1.29, 1.82) is 0 Å². The van der Waals surface area contributed by atoms with E-state index < -0.39 is 11.0 Å². The van der Waals surface area contributed by atoms with Crippen molar-refractivity contribution in [2.24, 2.45) is 0 Å². The topological polar surface area (TPSA) is 46.9 Å². The minimum Gasteiger partial charge on any atom is -0.493 e. The van der Waals surface area contributed by atoms with Crippen LogP contribution in [0.4, 0.5) is 0 Å². The second kappa shape index (κ2) is 6.93. The summed E-state index contributed by atoms with van der Waals surface area (Å²) in [6, 6.07) is 23.6. The molecule has 182 valence electrons. The van der Waals surface area contributed by atoms with Crippen molar-refractivity contribution in [1.82, 2.24) is 9.47 Å². The van der Waals surface area contributed by atoms with Crippen LogP contribution in [-0.2, 0) is 24.8 Å². The van der Waals surface area contributed by atoms with E-state index in [1.807, 2.05) is 6.07 Å². The summed E-state index contributed by atoms with van der Waals surface area (Å²) in [5, 5.41) is 14.1. The molecule has 5 heteroatoms. The molecule has 2 aliphatic heterocycles. The molecule has 0 radical (unpaired) electrons. The number of methoxy groups -OCH3 is 1. The molecule has 8 rings (SSSR count). The molecule has 2 aliphatic carbocycles. The van der Waals surface area contributed by atoms with Crippen LogP contribution in [0.5, 0.6) is 11.5 Å². The molecule has 1 N–H and O–H groups in total. The summed E-state index contributed by atoms with van der Waals surface area (Å²) < 4.78 is 15.3. The molecule has 4 aromatic rings. The van der Waals surface area contributed by atoms with Gasteiger partial charge in [0.1, 0.15) is 0 Å². The lowest BCUT2D eigenvalue weighted by molar-refractivity contribution is -0.168. The van der Waals surface area contributed by atoms with E-state index in [0.717, 1.165) is 37.4 Å². The maximum Gasteiger partial charge on any atom is 0.166 e. The van der Waals surface area contributed by atoms with Gasteiger partial charge >= 0.3 is 0 Å². The van der Waals surface area contributed by atoms with E-state index in [1.165, 1.54) is 38.9 Å². The monoisotopic (exact) mass is 478 g/mol. The van der Waals surface area contributed by atoms with E-state index in [9.17, 15) is 5.11 Å². The van der Waals surface area contributed by atoms with E-state index in [0.29, 0.717) is 6.42 Å². The number of para-hydroxylation sites is 1. The highest BCUT2D eigenvalue weighted by Gasteiger charge is 2.72. The zero-order chi connectivity index (χ0) is 24.2. The summed E-state index contributed by atoms with van der Waals surface area (Å²) in [5.74, 6) is 1.61. The minimum atomic E-state index is -0.913. The van der Waals surface area contributed by atoms with Gasteiger partial charge in [-0.2, -0.15) is 0 Å². The van der Waals surface area contributed by atoms with Crippen molar-refractivity contribution in [3.8, 4) is 11.5 Å². The molecule has 4 aliphatic rings. The lowest BCUT2D eigenvalue weighted by atomic mass is 9.49. The molecule has 4 atom stereocenters. The van der Waals surface area contributed by atoms with Crippen LogP contribution in [0.1, 0.15) is 40.5 Å². The number of aromatic nitrogens is 1. The molecular formula is C31H30N2O3. The zero-order valence-electron chi connectivity index (χ0n) is 20.7. The second-order valence-corrected chi connectivity index (χ2v) is 11.1. The number of ether oxygens (including phenoxy) is 2. The highest BCUT2D eigenvalue weighted by Crippen LogP contribution is 2.69. The molecule has 1 spiro atoms. The smallest absolute Gasteiger partial charge is 0.166 e. The van der Waals surface area contributed by atoms with Gasteiger partial charge < -0.3 is 24.0 Å². The molecule has 0 saturated carbocycles. The van der Waals surface area contributed by atoms with Crippen LogP contribution in [0.15, 0.2) is 66.7 Å². The van der Waals surface area contributed by atoms with Gasteiger partial charge in [-0.1, -0.05) is 54.6 Å². The number of hydrogen-bond acceptors (Lipinski definition) is 4. The highest BCUT2D eigenvalue weighted by atomic mass is 16.5. The van der Waals surface area contributed by atoms with Crippen LogP contribution in [-0.4, -0.2) is 46.9 Å². The van der Waals surface area contributed by atoms with Crippen molar-refractivity contribution in [2.75, 3.05) is 20.7 Å². The van der Waals surface area contributed by atoms with E-state index in [4.69, 9.17) is 9.47 Å². The van der Waals surface area contributed by atoms with Gasteiger partial charge in [0.25, 0.3) is 0 Å². The lowest BCUT2D eigenvalue weighted by Crippen LogP contribution is -2.74. The Morgan fingerprint density at radius 2 is 1.86 bits per heavy atom. The van der Waals surface area contributed by atoms with E-state index in [2.05, 4.69) is 77.2 Å². The maximum atomic E-state index is 12.9. The number of hydrogen-bond donors (Lipinski definition) is 1. The summed E-state index contributed by atoms with van der Waals surface area (Å²) >= 11 is 0. The first kappa shape index (κ1) is 20.9. The Bertz CT molecular complexity index is 1540. The van der Waals surface area contributed by atoms with Crippen molar-refractivity contribution in [2.45, 2.75) is 49.0 Å².